The molecule has 1 aromatic heterocycles. The van der Waals surface area contributed by atoms with Crippen LogP contribution in [0.25, 0.3) is 5.69 Å². The van der Waals surface area contributed by atoms with E-state index in [9.17, 15) is 4.79 Å². The van der Waals surface area contributed by atoms with Crippen molar-refractivity contribution in [1.29, 1.82) is 0 Å². The molecule has 0 saturated heterocycles. The monoisotopic (exact) mass is 221 g/mol. The van der Waals surface area contributed by atoms with Crippen molar-refractivity contribution in [2.24, 2.45) is 0 Å². The van der Waals surface area contributed by atoms with Gasteiger partial charge in [0.2, 0.25) is 5.24 Å². The van der Waals surface area contributed by atoms with Gasteiger partial charge in [-0.1, -0.05) is 12.1 Å². The van der Waals surface area contributed by atoms with Crippen molar-refractivity contribution in [3.8, 4) is 5.69 Å². The quantitative estimate of drug-likeness (QED) is 0.740. The highest BCUT2D eigenvalue weighted by Crippen LogP contribution is 2.08. The summed E-state index contributed by atoms with van der Waals surface area (Å²) in [4.78, 5) is 12.2. The molecule has 0 radical (unpaired) electrons. The van der Waals surface area contributed by atoms with E-state index in [2.05, 4.69) is 10.2 Å². The van der Waals surface area contributed by atoms with E-state index in [-0.39, 0.29) is 11.7 Å². The molecule has 2 rings (SSSR count). The standard InChI is InChI=1S/C10H8ClN3O/c11-10(15)7-8-1-3-9(4-2-8)14-12-5-6-13-14/h1-6H,7H2. The van der Waals surface area contributed by atoms with Crippen molar-refractivity contribution >= 4 is 16.8 Å². The zero-order valence-electron chi connectivity index (χ0n) is 7.80. The summed E-state index contributed by atoms with van der Waals surface area (Å²) in [5.41, 5.74) is 1.73. The van der Waals surface area contributed by atoms with Gasteiger partial charge < -0.3 is 0 Å². The second-order valence-corrected chi connectivity index (χ2v) is 3.44. The predicted octanol–water partition coefficient (Wildman–Crippen LogP) is 1.58. The minimum Gasteiger partial charge on any atom is -0.281 e. The molecule has 0 aliphatic heterocycles. The van der Waals surface area contributed by atoms with E-state index in [0.29, 0.717) is 0 Å². The molecule has 0 atom stereocenters. The number of hydrogen-bond acceptors (Lipinski definition) is 3. The Bertz CT molecular complexity index is 450. The van der Waals surface area contributed by atoms with Crippen molar-refractivity contribution in [2.45, 2.75) is 6.42 Å². The number of benzene rings is 1. The molecular formula is C10H8ClN3O. The molecule has 0 unspecified atom stereocenters. The van der Waals surface area contributed by atoms with E-state index in [1.54, 1.807) is 12.4 Å². The molecule has 0 N–H and O–H groups in total. The Balaban J connectivity index is 2.21. The van der Waals surface area contributed by atoms with Crippen LogP contribution in [0.15, 0.2) is 36.7 Å². The van der Waals surface area contributed by atoms with Gasteiger partial charge in [0.15, 0.2) is 0 Å². The van der Waals surface area contributed by atoms with Crippen molar-refractivity contribution in [1.82, 2.24) is 15.0 Å². The average Bonchev–Trinajstić information content (AvgIpc) is 2.71. The molecule has 0 amide bonds. The van der Waals surface area contributed by atoms with Crippen LogP contribution in [0.2, 0.25) is 0 Å². The molecule has 0 bridgehead atoms. The SMILES string of the molecule is O=C(Cl)Cc1ccc(-n2nccn2)cc1. The van der Waals surface area contributed by atoms with Crippen LogP contribution in [0, 0.1) is 0 Å². The van der Waals surface area contributed by atoms with Crippen LogP contribution in [-0.2, 0) is 11.2 Å². The summed E-state index contributed by atoms with van der Waals surface area (Å²) in [7, 11) is 0. The van der Waals surface area contributed by atoms with E-state index >= 15 is 0 Å². The number of aromatic nitrogens is 3. The Labute approximate surface area is 91.5 Å². The van der Waals surface area contributed by atoms with Gasteiger partial charge in [0.05, 0.1) is 18.1 Å². The second-order valence-electron chi connectivity index (χ2n) is 3.02. The third kappa shape index (κ3) is 2.41. The maximum Gasteiger partial charge on any atom is 0.226 e. The van der Waals surface area contributed by atoms with E-state index in [1.807, 2.05) is 24.3 Å². The smallest absolute Gasteiger partial charge is 0.226 e. The molecule has 0 aliphatic rings. The molecule has 76 valence electrons. The van der Waals surface area contributed by atoms with Gasteiger partial charge in [-0.25, -0.2) is 0 Å². The molecule has 0 saturated carbocycles. The first-order valence-corrected chi connectivity index (χ1v) is 4.77. The van der Waals surface area contributed by atoms with Crippen LogP contribution in [0.5, 0.6) is 0 Å². The van der Waals surface area contributed by atoms with E-state index < -0.39 is 0 Å². The maximum absolute atomic E-state index is 10.7. The first-order valence-electron chi connectivity index (χ1n) is 4.39. The topological polar surface area (TPSA) is 47.8 Å². The second kappa shape index (κ2) is 4.23. The van der Waals surface area contributed by atoms with Crippen LogP contribution < -0.4 is 0 Å². The normalized spacial score (nSPS) is 10.2. The first kappa shape index (κ1) is 9.86. The molecule has 1 aromatic carbocycles. The van der Waals surface area contributed by atoms with Gasteiger partial charge in [-0.2, -0.15) is 15.0 Å². The number of halogens is 1. The highest BCUT2D eigenvalue weighted by molar-refractivity contribution is 6.63. The lowest BCUT2D eigenvalue weighted by molar-refractivity contribution is -0.111. The van der Waals surface area contributed by atoms with Crippen molar-refractivity contribution in [3.63, 3.8) is 0 Å². The molecule has 4 nitrogen and oxygen atoms in total. The molecule has 0 fully saturated rings. The number of rotatable bonds is 3. The van der Waals surface area contributed by atoms with Crippen LogP contribution in [0.3, 0.4) is 0 Å². The zero-order valence-corrected chi connectivity index (χ0v) is 8.55. The summed E-state index contributed by atoms with van der Waals surface area (Å²) in [5, 5.41) is 7.62. The maximum atomic E-state index is 10.7. The van der Waals surface area contributed by atoms with Gasteiger partial charge in [0, 0.05) is 6.42 Å². The minimum atomic E-state index is -0.361. The van der Waals surface area contributed by atoms with Crippen LogP contribution >= 0.6 is 11.6 Å². The molecular weight excluding hydrogens is 214 g/mol. The van der Waals surface area contributed by atoms with Gasteiger partial charge in [-0.3, -0.25) is 4.79 Å². The number of nitrogens with zero attached hydrogens (tertiary/aromatic N) is 3. The van der Waals surface area contributed by atoms with Gasteiger partial charge in [-0.05, 0) is 29.3 Å². The molecule has 0 spiro atoms. The summed E-state index contributed by atoms with van der Waals surface area (Å²) in [6.45, 7) is 0. The number of carbonyl (C=O) groups is 1. The third-order valence-electron chi connectivity index (χ3n) is 1.93. The van der Waals surface area contributed by atoms with Crippen molar-refractivity contribution in [3.05, 3.63) is 42.2 Å². The summed E-state index contributed by atoms with van der Waals surface area (Å²) < 4.78 is 0. The summed E-state index contributed by atoms with van der Waals surface area (Å²) in [5.74, 6) is 0. The largest absolute Gasteiger partial charge is 0.281 e. The Hall–Kier alpha value is -1.68. The van der Waals surface area contributed by atoms with E-state index in [4.69, 9.17) is 11.6 Å². The van der Waals surface area contributed by atoms with Gasteiger partial charge >= 0.3 is 0 Å². The third-order valence-corrected chi connectivity index (χ3v) is 2.06. The van der Waals surface area contributed by atoms with Crippen molar-refractivity contribution < 1.29 is 4.79 Å². The fourth-order valence-electron chi connectivity index (χ4n) is 1.26. The van der Waals surface area contributed by atoms with Gasteiger partial charge in [0.1, 0.15) is 0 Å². The fraction of sp³-hybridized carbons (Fsp3) is 0.100. The summed E-state index contributed by atoms with van der Waals surface area (Å²) in [6.07, 6.45) is 3.46. The summed E-state index contributed by atoms with van der Waals surface area (Å²) in [6, 6.07) is 7.35. The Morgan fingerprint density at radius 1 is 1.20 bits per heavy atom. The highest BCUT2D eigenvalue weighted by Gasteiger charge is 2.01. The Kier molecular flexibility index (Phi) is 2.78. The van der Waals surface area contributed by atoms with Gasteiger partial charge in [0.25, 0.3) is 0 Å². The first-order chi connectivity index (χ1) is 7.25. The minimum absolute atomic E-state index is 0.244. The number of hydrogen-bond donors (Lipinski definition) is 0. The lowest BCUT2D eigenvalue weighted by Crippen LogP contribution is -1.99. The van der Waals surface area contributed by atoms with Crippen LogP contribution in [0.4, 0.5) is 0 Å². The Morgan fingerprint density at radius 2 is 1.80 bits per heavy atom. The zero-order chi connectivity index (χ0) is 10.7. The molecule has 5 heteroatoms. The van der Waals surface area contributed by atoms with Gasteiger partial charge in [-0.15, -0.1) is 0 Å². The van der Waals surface area contributed by atoms with Crippen LogP contribution in [0.1, 0.15) is 5.56 Å². The van der Waals surface area contributed by atoms with Crippen LogP contribution in [-0.4, -0.2) is 20.2 Å². The Morgan fingerprint density at radius 3 is 2.33 bits per heavy atom. The molecule has 1 heterocycles. The molecule has 2 aromatic rings. The van der Waals surface area contributed by atoms with Crippen molar-refractivity contribution in [2.75, 3.05) is 0 Å². The van der Waals surface area contributed by atoms with E-state index in [1.165, 1.54) is 4.80 Å². The lowest BCUT2D eigenvalue weighted by atomic mass is 10.1. The van der Waals surface area contributed by atoms with E-state index in [0.717, 1.165) is 11.3 Å². The molecule has 0 aliphatic carbocycles. The lowest BCUT2D eigenvalue weighted by Gasteiger charge is -2.00. The molecule has 15 heavy (non-hydrogen) atoms. The average molecular weight is 222 g/mol. The highest BCUT2D eigenvalue weighted by atomic mass is 35.5. The number of carbonyl (C=O) groups excluding carboxylic acids is 1. The summed E-state index contributed by atoms with van der Waals surface area (Å²) >= 11 is 5.28. The predicted molar refractivity (Wildman–Crippen MR) is 55.9 cm³/mol. The fourth-order valence-corrected chi connectivity index (χ4v) is 1.41.